The van der Waals surface area contributed by atoms with Gasteiger partial charge in [-0.3, -0.25) is 4.79 Å². The molecule has 2 unspecified atom stereocenters. The van der Waals surface area contributed by atoms with Crippen LogP contribution in [0.3, 0.4) is 0 Å². The summed E-state index contributed by atoms with van der Waals surface area (Å²) in [5.41, 5.74) is 2.02. The van der Waals surface area contributed by atoms with Crippen molar-refractivity contribution in [3.8, 4) is 0 Å². The van der Waals surface area contributed by atoms with Gasteiger partial charge in [-0.05, 0) is 24.3 Å². The third kappa shape index (κ3) is 0.811. The second-order valence-corrected chi connectivity index (χ2v) is 4.94. The zero-order valence-corrected chi connectivity index (χ0v) is 8.73. The van der Waals surface area contributed by atoms with Crippen LogP contribution in [0.15, 0.2) is 24.3 Å². The van der Waals surface area contributed by atoms with E-state index in [1.165, 1.54) is 5.56 Å². The van der Waals surface area contributed by atoms with E-state index < -0.39 is 0 Å². The first-order chi connectivity index (χ1) is 6.79. The lowest BCUT2D eigenvalue weighted by Gasteiger charge is -2.05. The summed E-state index contributed by atoms with van der Waals surface area (Å²) in [6, 6.07) is 8.03. The van der Waals surface area contributed by atoms with Crippen molar-refractivity contribution < 1.29 is 4.79 Å². The van der Waals surface area contributed by atoms with Gasteiger partial charge in [-0.1, -0.05) is 18.2 Å². The standard InChI is InChI=1S/C11H11NOS/c1-14-9-6-11(9)7-4-2-3-5-8(7)12-10(11)13/h2-5,9H,6H2,1H3,(H,12,13). The first-order valence-corrected chi connectivity index (χ1v) is 6.01. The van der Waals surface area contributed by atoms with Crippen LogP contribution in [0.5, 0.6) is 0 Å². The van der Waals surface area contributed by atoms with E-state index in [9.17, 15) is 4.79 Å². The Morgan fingerprint density at radius 2 is 2.29 bits per heavy atom. The number of hydrogen-bond acceptors (Lipinski definition) is 2. The average Bonchev–Trinajstić information content (AvgIpc) is 2.87. The summed E-state index contributed by atoms with van der Waals surface area (Å²) in [4.78, 5) is 11.9. The molecule has 3 rings (SSSR count). The van der Waals surface area contributed by atoms with Crippen molar-refractivity contribution in [2.75, 3.05) is 11.6 Å². The van der Waals surface area contributed by atoms with E-state index in [1.54, 1.807) is 11.8 Å². The van der Waals surface area contributed by atoms with Gasteiger partial charge < -0.3 is 5.32 Å². The molecule has 3 heteroatoms. The highest BCUT2D eigenvalue weighted by Gasteiger charge is 2.64. The Hall–Kier alpha value is -0.960. The molecule has 1 amide bonds. The summed E-state index contributed by atoms with van der Waals surface area (Å²) in [5.74, 6) is 0.193. The number of anilines is 1. The van der Waals surface area contributed by atoms with Gasteiger partial charge >= 0.3 is 0 Å². The normalized spacial score (nSPS) is 32.9. The van der Waals surface area contributed by atoms with Gasteiger partial charge in [0.2, 0.25) is 5.91 Å². The predicted molar refractivity (Wildman–Crippen MR) is 58.7 cm³/mol. The molecular formula is C11H11NOS. The summed E-state index contributed by atoms with van der Waals surface area (Å²) in [6.07, 6.45) is 3.07. The second-order valence-electron chi connectivity index (χ2n) is 3.90. The molecule has 0 aromatic heterocycles. The number of para-hydroxylation sites is 1. The molecule has 1 N–H and O–H groups in total. The van der Waals surface area contributed by atoms with E-state index in [4.69, 9.17) is 0 Å². The number of carbonyl (C=O) groups is 1. The van der Waals surface area contributed by atoms with Crippen LogP contribution in [0.25, 0.3) is 0 Å². The fourth-order valence-electron chi connectivity index (χ4n) is 2.38. The zero-order chi connectivity index (χ0) is 9.76. The lowest BCUT2D eigenvalue weighted by Crippen LogP contribution is -2.21. The smallest absolute Gasteiger partial charge is 0.236 e. The van der Waals surface area contributed by atoms with Gasteiger partial charge in [0.05, 0.1) is 5.41 Å². The maximum absolute atomic E-state index is 11.9. The highest BCUT2D eigenvalue weighted by Crippen LogP contribution is 2.59. The van der Waals surface area contributed by atoms with Gasteiger partial charge in [0.15, 0.2) is 0 Å². The molecule has 1 aliphatic heterocycles. The van der Waals surface area contributed by atoms with Crippen LogP contribution in [-0.4, -0.2) is 17.4 Å². The van der Waals surface area contributed by atoms with Crippen molar-refractivity contribution >= 4 is 23.4 Å². The summed E-state index contributed by atoms with van der Waals surface area (Å²) >= 11 is 1.79. The van der Waals surface area contributed by atoms with E-state index in [-0.39, 0.29) is 11.3 Å². The van der Waals surface area contributed by atoms with Crippen LogP contribution in [0.1, 0.15) is 12.0 Å². The van der Waals surface area contributed by atoms with E-state index in [2.05, 4.69) is 17.6 Å². The number of benzene rings is 1. The fourth-order valence-corrected chi connectivity index (χ4v) is 3.44. The molecule has 2 aliphatic rings. The van der Waals surface area contributed by atoms with E-state index in [0.29, 0.717) is 5.25 Å². The zero-order valence-electron chi connectivity index (χ0n) is 7.91. The van der Waals surface area contributed by atoms with Gasteiger partial charge in [0, 0.05) is 10.9 Å². The minimum Gasteiger partial charge on any atom is -0.325 e. The topological polar surface area (TPSA) is 29.1 Å². The minimum atomic E-state index is -0.185. The maximum Gasteiger partial charge on any atom is 0.236 e. The third-order valence-electron chi connectivity index (χ3n) is 3.24. The number of thioether (sulfide) groups is 1. The first kappa shape index (κ1) is 8.36. The maximum atomic E-state index is 11.9. The molecule has 2 atom stereocenters. The average molecular weight is 205 g/mol. The van der Waals surface area contributed by atoms with Gasteiger partial charge in [-0.25, -0.2) is 0 Å². The Balaban J connectivity index is 2.13. The van der Waals surface area contributed by atoms with E-state index in [0.717, 1.165) is 12.1 Å². The van der Waals surface area contributed by atoms with Crippen LogP contribution < -0.4 is 5.32 Å². The van der Waals surface area contributed by atoms with E-state index >= 15 is 0 Å². The first-order valence-electron chi connectivity index (χ1n) is 4.73. The molecule has 0 radical (unpaired) electrons. The molecular weight excluding hydrogens is 194 g/mol. The van der Waals surface area contributed by atoms with Gasteiger partial charge in [-0.15, -0.1) is 0 Å². The number of fused-ring (bicyclic) bond motifs is 2. The number of carbonyl (C=O) groups excluding carboxylic acids is 1. The highest BCUT2D eigenvalue weighted by atomic mass is 32.2. The Bertz CT molecular complexity index is 418. The molecule has 1 aromatic rings. The van der Waals surface area contributed by atoms with Crippen molar-refractivity contribution in [1.29, 1.82) is 0 Å². The fraction of sp³-hybridized carbons (Fsp3) is 0.364. The summed E-state index contributed by atoms with van der Waals surface area (Å²) in [5, 5.41) is 3.44. The molecule has 0 saturated heterocycles. The molecule has 1 fully saturated rings. The summed E-state index contributed by atoms with van der Waals surface area (Å²) < 4.78 is 0. The van der Waals surface area contributed by atoms with Crippen LogP contribution in [0.2, 0.25) is 0 Å². The molecule has 72 valence electrons. The van der Waals surface area contributed by atoms with Crippen molar-refractivity contribution in [1.82, 2.24) is 0 Å². The quantitative estimate of drug-likeness (QED) is 0.760. The van der Waals surface area contributed by atoms with Crippen molar-refractivity contribution in [2.24, 2.45) is 0 Å². The van der Waals surface area contributed by atoms with Gasteiger partial charge in [-0.2, -0.15) is 11.8 Å². The second kappa shape index (κ2) is 2.54. The van der Waals surface area contributed by atoms with Crippen molar-refractivity contribution in [2.45, 2.75) is 17.1 Å². The Kier molecular flexibility index (Phi) is 1.52. The third-order valence-corrected chi connectivity index (χ3v) is 4.38. The number of rotatable bonds is 1. The summed E-state index contributed by atoms with van der Waals surface area (Å²) in [7, 11) is 0. The predicted octanol–water partition coefficient (Wildman–Crippen LogP) is 2.01. The lowest BCUT2D eigenvalue weighted by molar-refractivity contribution is -0.117. The Morgan fingerprint density at radius 3 is 3.00 bits per heavy atom. The van der Waals surface area contributed by atoms with Crippen LogP contribution in [-0.2, 0) is 10.2 Å². The SMILES string of the molecule is CSC1CC12C(=O)Nc1ccccc12. The van der Waals surface area contributed by atoms with Gasteiger partial charge in [0.25, 0.3) is 0 Å². The Morgan fingerprint density at radius 1 is 1.50 bits per heavy atom. The highest BCUT2D eigenvalue weighted by molar-refractivity contribution is 7.99. The number of hydrogen-bond donors (Lipinski definition) is 1. The largest absolute Gasteiger partial charge is 0.325 e. The number of nitrogens with one attached hydrogen (secondary N) is 1. The monoisotopic (exact) mass is 205 g/mol. The van der Waals surface area contributed by atoms with Crippen LogP contribution >= 0.6 is 11.8 Å². The molecule has 1 aromatic carbocycles. The molecule has 1 heterocycles. The van der Waals surface area contributed by atoms with Crippen molar-refractivity contribution in [3.05, 3.63) is 29.8 Å². The Labute approximate surface area is 87.1 Å². The minimum absolute atomic E-state index is 0.185. The molecule has 14 heavy (non-hydrogen) atoms. The lowest BCUT2D eigenvalue weighted by atomic mass is 9.98. The molecule has 2 nitrogen and oxygen atoms in total. The van der Waals surface area contributed by atoms with E-state index in [1.807, 2.05) is 18.2 Å². The number of amides is 1. The van der Waals surface area contributed by atoms with Gasteiger partial charge in [0.1, 0.15) is 0 Å². The molecule has 1 aliphatic carbocycles. The van der Waals surface area contributed by atoms with Crippen LogP contribution in [0.4, 0.5) is 5.69 Å². The molecule has 1 spiro atoms. The summed E-state index contributed by atoms with van der Waals surface area (Å²) in [6.45, 7) is 0. The van der Waals surface area contributed by atoms with Crippen molar-refractivity contribution in [3.63, 3.8) is 0 Å². The van der Waals surface area contributed by atoms with Crippen LogP contribution in [0, 0.1) is 0 Å². The molecule has 1 saturated carbocycles. The molecule has 0 bridgehead atoms.